The summed E-state index contributed by atoms with van der Waals surface area (Å²) in [6.45, 7) is 3.32. The lowest BCUT2D eigenvalue weighted by Gasteiger charge is -2.22. The minimum absolute atomic E-state index is 0.169. The molecule has 0 aliphatic carbocycles. The quantitative estimate of drug-likeness (QED) is 0.787. The maximum atomic E-state index is 12.3. The zero-order valence-corrected chi connectivity index (χ0v) is 12.1. The fraction of sp³-hybridized carbons (Fsp3) is 0.571. The van der Waals surface area contributed by atoms with Crippen LogP contribution in [0.2, 0.25) is 5.02 Å². The monoisotopic (exact) mass is 290 g/mol. The van der Waals surface area contributed by atoms with E-state index in [1.165, 1.54) is 0 Å². The van der Waals surface area contributed by atoms with Crippen molar-refractivity contribution in [3.05, 3.63) is 34.9 Å². The molecule has 1 aromatic carbocycles. The van der Waals surface area contributed by atoms with E-state index >= 15 is 0 Å². The van der Waals surface area contributed by atoms with Crippen LogP contribution in [0.4, 0.5) is 8.78 Å². The first-order chi connectivity index (χ1) is 9.02. The molecule has 0 amide bonds. The third kappa shape index (κ3) is 6.32. The molecule has 2 nitrogen and oxygen atoms in total. The lowest BCUT2D eigenvalue weighted by Crippen LogP contribution is -2.30. The maximum absolute atomic E-state index is 12.3. The molecule has 0 saturated carbocycles. The fourth-order valence-electron chi connectivity index (χ4n) is 2.00. The first-order valence-electron chi connectivity index (χ1n) is 6.48. The summed E-state index contributed by atoms with van der Waals surface area (Å²) in [4.78, 5) is 1.66. The number of benzene rings is 1. The highest BCUT2D eigenvalue weighted by atomic mass is 35.5. The fourth-order valence-corrected chi connectivity index (χ4v) is 2.13. The molecule has 0 aliphatic rings. The number of nitrogens with one attached hydrogen (secondary N) is 1. The molecular weight excluding hydrogens is 270 g/mol. The highest BCUT2D eigenvalue weighted by Gasteiger charge is 2.13. The number of hydrogen-bond donors (Lipinski definition) is 1. The van der Waals surface area contributed by atoms with E-state index in [4.69, 9.17) is 11.6 Å². The molecule has 0 spiro atoms. The Morgan fingerprint density at radius 2 is 1.89 bits per heavy atom. The average molecular weight is 291 g/mol. The van der Waals surface area contributed by atoms with Gasteiger partial charge < -0.3 is 10.2 Å². The Hall–Kier alpha value is -0.710. The highest BCUT2D eigenvalue weighted by Crippen LogP contribution is 2.19. The van der Waals surface area contributed by atoms with Crippen molar-refractivity contribution in [1.82, 2.24) is 10.2 Å². The molecule has 1 rings (SSSR count). The molecule has 108 valence electrons. The molecule has 5 heteroatoms. The highest BCUT2D eigenvalue weighted by molar-refractivity contribution is 6.30. The minimum atomic E-state index is -2.28. The summed E-state index contributed by atoms with van der Waals surface area (Å²) in [7, 11) is 1.72. The summed E-state index contributed by atoms with van der Waals surface area (Å²) >= 11 is 5.87. The Labute approximate surface area is 118 Å². The smallest absolute Gasteiger partial charge is 0.251 e. The van der Waals surface area contributed by atoms with Gasteiger partial charge in [-0.1, -0.05) is 30.7 Å². The third-order valence-electron chi connectivity index (χ3n) is 2.97. The Bertz CT molecular complexity index is 357. The van der Waals surface area contributed by atoms with E-state index < -0.39 is 6.43 Å². The molecule has 0 bridgehead atoms. The van der Waals surface area contributed by atoms with Crippen LogP contribution in [-0.4, -0.2) is 38.0 Å². The number of rotatable bonds is 8. The van der Waals surface area contributed by atoms with Gasteiger partial charge in [-0.25, -0.2) is 8.78 Å². The van der Waals surface area contributed by atoms with Crippen LogP contribution in [0.1, 0.15) is 24.9 Å². The van der Waals surface area contributed by atoms with Gasteiger partial charge in [0.1, 0.15) is 0 Å². The minimum Gasteiger partial charge on any atom is -0.310 e. The lowest BCUT2D eigenvalue weighted by molar-refractivity contribution is 0.0985. The van der Waals surface area contributed by atoms with Gasteiger partial charge in [0.05, 0.1) is 6.54 Å². The van der Waals surface area contributed by atoms with Crippen molar-refractivity contribution in [2.45, 2.75) is 25.8 Å². The van der Waals surface area contributed by atoms with Crippen LogP contribution in [0.15, 0.2) is 24.3 Å². The van der Waals surface area contributed by atoms with Crippen LogP contribution in [0.25, 0.3) is 0 Å². The van der Waals surface area contributed by atoms with Gasteiger partial charge in [0, 0.05) is 11.1 Å². The molecule has 0 aromatic heterocycles. The number of halogens is 3. The van der Waals surface area contributed by atoms with Gasteiger partial charge in [0.25, 0.3) is 6.43 Å². The van der Waals surface area contributed by atoms with Gasteiger partial charge >= 0.3 is 0 Å². The van der Waals surface area contributed by atoms with E-state index in [0.717, 1.165) is 18.5 Å². The maximum Gasteiger partial charge on any atom is 0.251 e. The number of hydrogen-bond acceptors (Lipinski definition) is 2. The third-order valence-corrected chi connectivity index (χ3v) is 3.22. The molecule has 1 N–H and O–H groups in total. The summed E-state index contributed by atoms with van der Waals surface area (Å²) in [5, 5.41) is 4.07. The van der Waals surface area contributed by atoms with Gasteiger partial charge in [-0.2, -0.15) is 0 Å². The summed E-state index contributed by atoms with van der Waals surface area (Å²) in [5.41, 5.74) is 1.14. The van der Waals surface area contributed by atoms with Crippen molar-refractivity contribution in [2.24, 2.45) is 0 Å². The standard InChI is InChI=1S/C14H21ClF2N2/c1-3-18-13(8-9-19(2)10-14(16)17)11-4-6-12(15)7-5-11/h4-7,13-14,18H,3,8-10H2,1-2H3. The van der Waals surface area contributed by atoms with Crippen LogP contribution in [-0.2, 0) is 0 Å². The molecule has 1 aromatic rings. The SMILES string of the molecule is CCNC(CCN(C)CC(F)F)c1ccc(Cl)cc1. The zero-order chi connectivity index (χ0) is 14.3. The Morgan fingerprint density at radius 3 is 2.42 bits per heavy atom. The topological polar surface area (TPSA) is 15.3 Å². The molecule has 1 atom stereocenters. The summed E-state index contributed by atoms with van der Waals surface area (Å²) in [6, 6.07) is 7.82. The van der Waals surface area contributed by atoms with E-state index in [-0.39, 0.29) is 12.6 Å². The van der Waals surface area contributed by atoms with Crippen molar-refractivity contribution in [1.29, 1.82) is 0 Å². The molecule has 0 aliphatic heterocycles. The van der Waals surface area contributed by atoms with E-state index in [1.807, 2.05) is 31.2 Å². The first kappa shape index (κ1) is 16.3. The molecule has 1 unspecified atom stereocenters. The van der Waals surface area contributed by atoms with Crippen LogP contribution in [0, 0.1) is 0 Å². The van der Waals surface area contributed by atoms with Crippen molar-refractivity contribution < 1.29 is 8.78 Å². The second-order valence-electron chi connectivity index (χ2n) is 4.60. The Kier molecular flexibility index (Phi) is 7.28. The molecule has 0 heterocycles. The van der Waals surface area contributed by atoms with E-state index in [0.29, 0.717) is 11.6 Å². The molecular formula is C14H21ClF2N2. The Balaban J connectivity index is 2.55. The largest absolute Gasteiger partial charge is 0.310 e. The molecule has 0 saturated heterocycles. The van der Waals surface area contributed by atoms with E-state index in [9.17, 15) is 8.78 Å². The van der Waals surface area contributed by atoms with Gasteiger partial charge in [0.2, 0.25) is 0 Å². The van der Waals surface area contributed by atoms with Crippen LogP contribution in [0.3, 0.4) is 0 Å². The van der Waals surface area contributed by atoms with E-state index in [1.54, 1.807) is 11.9 Å². The van der Waals surface area contributed by atoms with Crippen LogP contribution >= 0.6 is 11.6 Å². The van der Waals surface area contributed by atoms with Gasteiger partial charge in [-0.05, 0) is 44.3 Å². The van der Waals surface area contributed by atoms with Gasteiger partial charge in [-0.3, -0.25) is 0 Å². The normalized spacial score (nSPS) is 13.2. The molecule has 0 fully saturated rings. The molecule has 19 heavy (non-hydrogen) atoms. The summed E-state index contributed by atoms with van der Waals surface area (Å²) in [5.74, 6) is 0. The first-order valence-corrected chi connectivity index (χ1v) is 6.86. The zero-order valence-electron chi connectivity index (χ0n) is 11.4. The van der Waals surface area contributed by atoms with Gasteiger partial charge in [0.15, 0.2) is 0 Å². The van der Waals surface area contributed by atoms with Crippen molar-refractivity contribution >= 4 is 11.6 Å². The summed E-state index contributed by atoms with van der Waals surface area (Å²) < 4.78 is 24.5. The molecule has 0 radical (unpaired) electrons. The number of nitrogens with zero attached hydrogens (tertiary/aromatic N) is 1. The van der Waals surface area contributed by atoms with Crippen molar-refractivity contribution in [3.63, 3.8) is 0 Å². The lowest BCUT2D eigenvalue weighted by atomic mass is 10.0. The predicted octanol–water partition coefficient (Wildman–Crippen LogP) is 3.58. The van der Waals surface area contributed by atoms with Crippen LogP contribution < -0.4 is 5.32 Å². The van der Waals surface area contributed by atoms with E-state index in [2.05, 4.69) is 5.32 Å². The second kappa shape index (κ2) is 8.46. The van der Waals surface area contributed by atoms with Crippen molar-refractivity contribution in [3.8, 4) is 0 Å². The average Bonchev–Trinajstić information content (AvgIpc) is 2.35. The Morgan fingerprint density at radius 1 is 1.26 bits per heavy atom. The summed E-state index contributed by atoms with van der Waals surface area (Å²) in [6.07, 6.45) is -1.49. The van der Waals surface area contributed by atoms with Crippen LogP contribution in [0.5, 0.6) is 0 Å². The van der Waals surface area contributed by atoms with Crippen molar-refractivity contribution in [2.75, 3.05) is 26.7 Å². The second-order valence-corrected chi connectivity index (χ2v) is 5.04. The predicted molar refractivity (Wildman–Crippen MR) is 76.0 cm³/mol. The van der Waals surface area contributed by atoms with Gasteiger partial charge in [-0.15, -0.1) is 0 Å². The number of alkyl halides is 2.